The van der Waals surface area contributed by atoms with Gasteiger partial charge in [-0.3, -0.25) is 4.79 Å². The molecule has 0 bridgehead atoms. The van der Waals surface area contributed by atoms with Crippen LogP contribution in [-0.4, -0.2) is 10.8 Å². The maximum atomic E-state index is 11.6. The molecule has 0 aliphatic rings. The highest BCUT2D eigenvalue weighted by Gasteiger charge is 2.17. The summed E-state index contributed by atoms with van der Waals surface area (Å²) in [5.41, 5.74) is 1.96. The van der Waals surface area contributed by atoms with Crippen LogP contribution in [0.3, 0.4) is 0 Å². The number of aromatic amines is 1. The minimum absolute atomic E-state index is 0.0880. The van der Waals surface area contributed by atoms with Crippen LogP contribution in [0.5, 0.6) is 0 Å². The second kappa shape index (κ2) is 3.99. The molecule has 14 heavy (non-hydrogen) atoms. The molecule has 0 radical (unpaired) electrons. The Morgan fingerprint density at radius 1 is 1.36 bits per heavy atom. The van der Waals surface area contributed by atoms with E-state index in [9.17, 15) is 4.79 Å². The van der Waals surface area contributed by atoms with E-state index in [0.29, 0.717) is 6.42 Å². The number of ketones is 1. The zero-order valence-electron chi connectivity index (χ0n) is 9.48. The second-order valence-corrected chi connectivity index (χ2v) is 4.71. The predicted molar refractivity (Wildman–Crippen MR) is 58.7 cm³/mol. The molecular formula is C12H19NO. The van der Waals surface area contributed by atoms with Gasteiger partial charge in [-0.15, -0.1) is 0 Å². The van der Waals surface area contributed by atoms with Gasteiger partial charge in [-0.05, 0) is 18.6 Å². The van der Waals surface area contributed by atoms with E-state index in [1.54, 1.807) is 0 Å². The van der Waals surface area contributed by atoms with E-state index in [-0.39, 0.29) is 11.2 Å². The fraction of sp³-hybridized carbons (Fsp3) is 0.583. The molecule has 0 amide bonds. The van der Waals surface area contributed by atoms with Crippen molar-refractivity contribution in [3.63, 3.8) is 0 Å². The quantitative estimate of drug-likeness (QED) is 0.734. The van der Waals surface area contributed by atoms with Gasteiger partial charge < -0.3 is 4.98 Å². The van der Waals surface area contributed by atoms with Crippen LogP contribution in [-0.2, 0) is 5.41 Å². The molecule has 0 aliphatic carbocycles. The van der Waals surface area contributed by atoms with Gasteiger partial charge in [0.1, 0.15) is 0 Å². The lowest BCUT2D eigenvalue weighted by atomic mass is 9.93. The Labute approximate surface area is 85.7 Å². The first-order chi connectivity index (χ1) is 6.45. The van der Waals surface area contributed by atoms with Crippen molar-refractivity contribution in [1.82, 2.24) is 4.98 Å². The number of aromatic nitrogens is 1. The molecule has 78 valence electrons. The van der Waals surface area contributed by atoms with Gasteiger partial charge in [0.2, 0.25) is 0 Å². The average molecular weight is 193 g/mol. The number of rotatable bonds is 3. The molecule has 1 aromatic heterocycles. The monoisotopic (exact) mass is 193 g/mol. The summed E-state index contributed by atoms with van der Waals surface area (Å²) in [6, 6.07) is 3.89. The third-order valence-corrected chi connectivity index (χ3v) is 2.27. The third kappa shape index (κ3) is 2.47. The van der Waals surface area contributed by atoms with Crippen LogP contribution in [0.2, 0.25) is 0 Å². The molecular weight excluding hydrogens is 174 g/mol. The smallest absolute Gasteiger partial charge is 0.178 e. The molecule has 1 rings (SSSR count). The number of hydrogen-bond donors (Lipinski definition) is 1. The highest BCUT2D eigenvalue weighted by molar-refractivity contribution is 5.94. The van der Waals surface area contributed by atoms with Crippen LogP contribution in [0.25, 0.3) is 0 Å². The van der Waals surface area contributed by atoms with Crippen LogP contribution in [0.15, 0.2) is 12.1 Å². The summed E-state index contributed by atoms with van der Waals surface area (Å²) < 4.78 is 0. The molecule has 0 saturated heterocycles. The van der Waals surface area contributed by atoms with Crippen molar-refractivity contribution in [2.24, 2.45) is 0 Å². The lowest BCUT2D eigenvalue weighted by molar-refractivity contribution is 0.0977. The number of hydrogen-bond acceptors (Lipinski definition) is 1. The van der Waals surface area contributed by atoms with Gasteiger partial charge in [0.15, 0.2) is 5.78 Å². The first kappa shape index (κ1) is 11.0. The molecule has 0 unspecified atom stereocenters. The molecule has 0 fully saturated rings. The highest BCUT2D eigenvalue weighted by atomic mass is 16.1. The van der Waals surface area contributed by atoms with Gasteiger partial charge in [0.25, 0.3) is 0 Å². The average Bonchev–Trinajstić information content (AvgIpc) is 2.51. The molecule has 0 saturated carbocycles. The maximum absolute atomic E-state index is 11.6. The largest absolute Gasteiger partial charge is 0.356 e. The summed E-state index contributed by atoms with van der Waals surface area (Å²) in [4.78, 5) is 14.7. The van der Waals surface area contributed by atoms with Crippen molar-refractivity contribution in [2.45, 2.75) is 46.0 Å². The van der Waals surface area contributed by atoms with E-state index >= 15 is 0 Å². The first-order valence-electron chi connectivity index (χ1n) is 5.18. The van der Waals surface area contributed by atoms with Crippen LogP contribution >= 0.6 is 0 Å². The van der Waals surface area contributed by atoms with Crippen molar-refractivity contribution in [3.8, 4) is 0 Å². The van der Waals surface area contributed by atoms with E-state index in [0.717, 1.165) is 17.8 Å². The van der Waals surface area contributed by atoms with Crippen molar-refractivity contribution in [2.75, 3.05) is 0 Å². The van der Waals surface area contributed by atoms with Crippen molar-refractivity contribution >= 4 is 5.78 Å². The summed E-state index contributed by atoms with van der Waals surface area (Å²) in [6.45, 7) is 8.41. The van der Waals surface area contributed by atoms with Gasteiger partial charge in [0.05, 0.1) is 5.69 Å². The van der Waals surface area contributed by atoms with Gasteiger partial charge >= 0.3 is 0 Å². The third-order valence-electron chi connectivity index (χ3n) is 2.27. The van der Waals surface area contributed by atoms with Gasteiger partial charge in [-0.1, -0.05) is 27.7 Å². The number of H-pyrrole nitrogens is 1. The molecule has 1 aromatic rings. The van der Waals surface area contributed by atoms with E-state index in [4.69, 9.17) is 0 Å². The summed E-state index contributed by atoms with van der Waals surface area (Å²) in [7, 11) is 0. The summed E-state index contributed by atoms with van der Waals surface area (Å²) in [5.74, 6) is 0.211. The fourth-order valence-electron chi connectivity index (χ4n) is 1.36. The van der Waals surface area contributed by atoms with E-state index in [1.807, 2.05) is 19.1 Å². The minimum atomic E-state index is 0.0880. The SMILES string of the molecule is CCCC(=O)c1ccc(C(C)(C)C)[nH]1. The van der Waals surface area contributed by atoms with Crippen LogP contribution in [0.4, 0.5) is 0 Å². The number of Topliss-reactive ketones (excluding diaryl/α,β-unsaturated/α-hetero) is 1. The highest BCUT2D eigenvalue weighted by Crippen LogP contribution is 2.21. The summed E-state index contributed by atoms with van der Waals surface area (Å²) in [6.07, 6.45) is 1.53. The topological polar surface area (TPSA) is 32.9 Å². The van der Waals surface area contributed by atoms with E-state index < -0.39 is 0 Å². The Morgan fingerprint density at radius 2 is 2.00 bits per heavy atom. The molecule has 2 nitrogen and oxygen atoms in total. The van der Waals surface area contributed by atoms with Gasteiger partial charge in [-0.2, -0.15) is 0 Å². The molecule has 1 N–H and O–H groups in total. The Morgan fingerprint density at radius 3 is 2.43 bits per heavy atom. The van der Waals surface area contributed by atoms with Crippen LogP contribution in [0, 0.1) is 0 Å². The Balaban J connectivity index is 2.83. The molecule has 0 spiro atoms. The van der Waals surface area contributed by atoms with Crippen molar-refractivity contribution in [3.05, 3.63) is 23.5 Å². The normalized spacial score (nSPS) is 11.7. The molecule has 2 heteroatoms. The van der Waals surface area contributed by atoms with E-state index in [2.05, 4.69) is 25.8 Å². The van der Waals surface area contributed by atoms with Crippen molar-refractivity contribution < 1.29 is 4.79 Å². The number of carbonyl (C=O) groups excluding carboxylic acids is 1. The standard InChI is InChI=1S/C12H19NO/c1-5-6-10(14)9-7-8-11(13-9)12(2,3)4/h7-8,13H,5-6H2,1-4H3. The van der Waals surface area contributed by atoms with Crippen molar-refractivity contribution in [1.29, 1.82) is 0 Å². The van der Waals surface area contributed by atoms with E-state index in [1.165, 1.54) is 0 Å². The lowest BCUT2D eigenvalue weighted by Gasteiger charge is -2.15. The lowest BCUT2D eigenvalue weighted by Crippen LogP contribution is -2.12. The molecule has 1 heterocycles. The Kier molecular flexibility index (Phi) is 3.14. The number of nitrogens with one attached hydrogen (secondary N) is 1. The van der Waals surface area contributed by atoms with Crippen LogP contribution in [0.1, 0.15) is 56.7 Å². The zero-order valence-corrected chi connectivity index (χ0v) is 9.48. The number of carbonyl (C=O) groups is 1. The summed E-state index contributed by atoms with van der Waals surface area (Å²) >= 11 is 0. The fourth-order valence-corrected chi connectivity index (χ4v) is 1.36. The molecule has 0 aromatic carbocycles. The molecule has 0 atom stereocenters. The molecule has 0 aliphatic heterocycles. The minimum Gasteiger partial charge on any atom is -0.356 e. The maximum Gasteiger partial charge on any atom is 0.178 e. The Hall–Kier alpha value is -1.05. The predicted octanol–water partition coefficient (Wildman–Crippen LogP) is 3.30. The van der Waals surface area contributed by atoms with Crippen LogP contribution < -0.4 is 0 Å². The first-order valence-corrected chi connectivity index (χ1v) is 5.18. The van der Waals surface area contributed by atoms with Gasteiger partial charge in [-0.25, -0.2) is 0 Å². The summed E-state index contributed by atoms with van der Waals surface area (Å²) in [5, 5.41) is 0. The second-order valence-electron chi connectivity index (χ2n) is 4.71. The van der Waals surface area contributed by atoms with Gasteiger partial charge in [0, 0.05) is 17.5 Å². The zero-order chi connectivity index (χ0) is 10.8. The Bertz CT molecular complexity index is 317.